The van der Waals surface area contributed by atoms with Gasteiger partial charge in [0.05, 0.1) is 20.9 Å². The molecule has 0 saturated heterocycles. The van der Waals surface area contributed by atoms with Crippen LogP contribution < -0.4 is 5.43 Å². The van der Waals surface area contributed by atoms with Gasteiger partial charge in [0.25, 0.3) is 5.69 Å². The van der Waals surface area contributed by atoms with Crippen molar-refractivity contribution in [2.45, 2.75) is 0 Å². The molecule has 1 N–H and O–H groups in total. The number of hydrazone groups is 1. The number of rotatable bonds is 5. The SMILES string of the molecule is O=[N+]([O-])c1ccc(/C=N/Nc2ccccc2[N+](=O)[O-])s1. The zero-order valence-electron chi connectivity index (χ0n) is 9.92. The maximum Gasteiger partial charge on any atom is 0.324 e. The third-order valence-electron chi connectivity index (χ3n) is 2.27. The molecule has 0 fully saturated rings. The molecular weight excluding hydrogens is 284 g/mol. The number of nitro groups is 2. The number of benzene rings is 1. The molecular formula is C11H8N4O4S. The Morgan fingerprint density at radius 2 is 1.85 bits per heavy atom. The molecule has 0 amide bonds. The van der Waals surface area contributed by atoms with E-state index in [2.05, 4.69) is 10.5 Å². The first kappa shape index (κ1) is 13.6. The fourth-order valence-electron chi connectivity index (χ4n) is 1.40. The molecule has 0 radical (unpaired) electrons. The van der Waals surface area contributed by atoms with Crippen LogP contribution in [0.4, 0.5) is 16.4 Å². The highest BCUT2D eigenvalue weighted by atomic mass is 32.1. The van der Waals surface area contributed by atoms with E-state index < -0.39 is 9.85 Å². The second-order valence-corrected chi connectivity index (χ2v) is 4.67. The summed E-state index contributed by atoms with van der Waals surface area (Å²) in [5.74, 6) is 0. The average molecular weight is 292 g/mol. The second-order valence-electron chi connectivity index (χ2n) is 3.58. The van der Waals surface area contributed by atoms with Crippen molar-refractivity contribution in [3.05, 3.63) is 61.5 Å². The van der Waals surface area contributed by atoms with E-state index >= 15 is 0 Å². The van der Waals surface area contributed by atoms with Crippen LogP contribution in [0.3, 0.4) is 0 Å². The standard InChI is InChI=1S/C11H8N4O4S/c16-14(17)10-4-2-1-3-9(10)13-12-7-8-5-6-11(20-8)15(18)19/h1-7,13H/b12-7+. The van der Waals surface area contributed by atoms with Crippen molar-refractivity contribution >= 4 is 33.9 Å². The quantitative estimate of drug-likeness (QED) is 0.517. The minimum Gasteiger partial charge on any atom is -0.272 e. The van der Waals surface area contributed by atoms with E-state index in [1.165, 1.54) is 24.4 Å². The lowest BCUT2D eigenvalue weighted by molar-refractivity contribution is -0.384. The number of anilines is 1. The van der Waals surface area contributed by atoms with Gasteiger partial charge in [-0.2, -0.15) is 5.10 Å². The van der Waals surface area contributed by atoms with Crippen molar-refractivity contribution in [2.75, 3.05) is 5.43 Å². The predicted octanol–water partition coefficient (Wildman–Crippen LogP) is 3.01. The highest BCUT2D eigenvalue weighted by Crippen LogP contribution is 2.24. The van der Waals surface area contributed by atoms with Crippen molar-refractivity contribution < 1.29 is 9.85 Å². The molecule has 0 aliphatic heterocycles. The van der Waals surface area contributed by atoms with E-state index in [-0.39, 0.29) is 16.4 Å². The van der Waals surface area contributed by atoms with E-state index in [4.69, 9.17) is 0 Å². The van der Waals surface area contributed by atoms with Gasteiger partial charge in [0.1, 0.15) is 5.69 Å². The molecule has 2 aromatic rings. The summed E-state index contributed by atoms with van der Waals surface area (Å²) in [4.78, 5) is 20.8. The summed E-state index contributed by atoms with van der Waals surface area (Å²) < 4.78 is 0. The molecule has 2 rings (SSSR count). The molecule has 1 aromatic heterocycles. The van der Waals surface area contributed by atoms with E-state index in [9.17, 15) is 20.2 Å². The number of nitrogens with one attached hydrogen (secondary N) is 1. The molecule has 0 bridgehead atoms. The van der Waals surface area contributed by atoms with Crippen LogP contribution >= 0.6 is 11.3 Å². The van der Waals surface area contributed by atoms with Gasteiger partial charge in [-0.3, -0.25) is 25.7 Å². The number of nitrogens with zero attached hydrogens (tertiary/aromatic N) is 3. The van der Waals surface area contributed by atoms with Crippen LogP contribution in [0.1, 0.15) is 4.88 Å². The Morgan fingerprint density at radius 1 is 1.10 bits per heavy atom. The first-order chi connectivity index (χ1) is 9.58. The Labute approximate surface area is 116 Å². The molecule has 9 heteroatoms. The average Bonchev–Trinajstić information content (AvgIpc) is 2.88. The molecule has 1 aromatic carbocycles. The third kappa shape index (κ3) is 3.14. The Morgan fingerprint density at radius 3 is 2.50 bits per heavy atom. The van der Waals surface area contributed by atoms with Gasteiger partial charge in [-0.05, 0) is 12.1 Å². The molecule has 102 valence electrons. The third-order valence-corrected chi connectivity index (χ3v) is 3.24. The molecule has 0 saturated carbocycles. The molecule has 0 atom stereocenters. The Bertz CT molecular complexity index is 683. The van der Waals surface area contributed by atoms with Gasteiger partial charge < -0.3 is 0 Å². The molecule has 0 unspecified atom stereocenters. The maximum atomic E-state index is 10.8. The van der Waals surface area contributed by atoms with Crippen LogP contribution in [0.25, 0.3) is 0 Å². The predicted molar refractivity (Wildman–Crippen MR) is 75.3 cm³/mol. The molecule has 0 aliphatic carbocycles. The summed E-state index contributed by atoms with van der Waals surface area (Å²) in [6, 6.07) is 8.99. The fourth-order valence-corrected chi connectivity index (χ4v) is 2.10. The van der Waals surface area contributed by atoms with Crippen LogP contribution in [0.15, 0.2) is 41.5 Å². The number of hydrogen-bond donors (Lipinski definition) is 1. The topological polar surface area (TPSA) is 111 Å². The van der Waals surface area contributed by atoms with E-state index in [0.717, 1.165) is 11.3 Å². The molecule has 20 heavy (non-hydrogen) atoms. The highest BCUT2D eigenvalue weighted by molar-refractivity contribution is 7.16. The first-order valence-electron chi connectivity index (χ1n) is 5.34. The molecule has 0 aliphatic rings. The number of para-hydroxylation sites is 2. The second kappa shape index (κ2) is 5.89. The van der Waals surface area contributed by atoms with Crippen LogP contribution in [-0.4, -0.2) is 16.1 Å². The van der Waals surface area contributed by atoms with Crippen molar-refractivity contribution in [3.8, 4) is 0 Å². The minimum absolute atomic E-state index is 0.0112. The van der Waals surface area contributed by atoms with Gasteiger partial charge in [0.2, 0.25) is 0 Å². The summed E-state index contributed by atoms with van der Waals surface area (Å²) in [5.41, 5.74) is 2.70. The lowest BCUT2D eigenvalue weighted by Gasteiger charge is -2.00. The smallest absolute Gasteiger partial charge is 0.272 e. The van der Waals surface area contributed by atoms with E-state index in [0.29, 0.717) is 4.88 Å². The minimum atomic E-state index is -0.520. The summed E-state index contributed by atoms with van der Waals surface area (Å²) in [6.45, 7) is 0. The van der Waals surface area contributed by atoms with Crippen LogP contribution in [-0.2, 0) is 0 Å². The number of thiophene rings is 1. The van der Waals surface area contributed by atoms with Crippen molar-refractivity contribution in [3.63, 3.8) is 0 Å². The summed E-state index contributed by atoms with van der Waals surface area (Å²) in [7, 11) is 0. The Hall–Kier alpha value is -2.81. The monoisotopic (exact) mass is 292 g/mol. The largest absolute Gasteiger partial charge is 0.324 e. The Kier molecular flexibility index (Phi) is 4.01. The van der Waals surface area contributed by atoms with Gasteiger partial charge in [0.15, 0.2) is 0 Å². The lowest BCUT2D eigenvalue weighted by Crippen LogP contribution is -1.96. The van der Waals surface area contributed by atoms with Gasteiger partial charge in [-0.15, -0.1) is 0 Å². The van der Waals surface area contributed by atoms with Crippen LogP contribution in [0.5, 0.6) is 0 Å². The fraction of sp³-hybridized carbons (Fsp3) is 0. The maximum absolute atomic E-state index is 10.8. The Balaban J connectivity index is 2.10. The molecule has 0 spiro atoms. The molecule has 8 nitrogen and oxygen atoms in total. The summed E-state index contributed by atoms with van der Waals surface area (Å²) in [5, 5.41) is 25.1. The van der Waals surface area contributed by atoms with E-state index in [1.807, 2.05) is 0 Å². The van der Waals surface area contributed by atoms with Crippen molar-refractivity contribution in [1.82, 2.24) is 0 Å². The number of nitro benzene ring substituents is 1. The van der Waals surface area contributed by atoms with E-state index in [1.54, 1.807) is 18.2 Å². The van der Waals surface area contributed by atoms with Gasteiger partial charge in [0, 0.05) is 12.1 Å². The van der Waals surface area contributed by atoms with Gasteiger partial charge >= 0.3 is 5.00 Å². The van der Waals surface area contributed by atoms with Gasteiger partial charge in [-0.1, -0.05) is 23.5 Å². The molecule has 1 heterocycles. The first-order valence-corrected chi connectivity index (χ1v) is 6.16. The van der Waals surface area contributed by atoms with Crippen LogP contribution in [0.2, 0.25) is 0 Å². The van der Waals surface area contributed by atoms with Gasteiger partial charge in [-0.25, -0.2) is 0 Å². The van der Waals surface area contributed by atoms with Crippen molar-refractivity contribution in [2.24, 2.45) is 5.10 Å². The number of hydrogen-bond acceptors (Lipinski definition) is 7. The lowest BCUT2D eigenvalue weighted by atomic mass is 10.3. The zero-order chi connectivity index (χ0) is 14.5. The summed E-state index contributed by atoms with van der Waals surface area (Å²) in [6.07, 6.45) is 1.37. The normalized spacial score (nSPS) is 10.6. The zero-order valence-corrected chi connectivity index (χ0v) is 10.7. The highest BCUT2D eigenvalue weighted by Gasteiger charge is 2.11. The van der Waals surface area contributed by atoms with Crippen molar-refractivity contribution in [1.29, 1.82) is 0 Å². The summed E-state index contributed by atoms with van der Waals surface area (Å²) >= 11 is 0.964. The van der Waals surface area contributed by atoms with Crippen LogP contribution in [0, 0.1) is 20.2 Å².